The molecule has 2 rings (SSSR count). The fourth-order valence-electron chi connectivity index (χ4n) is 2.74. The summed E-state index contributed by atoms with van der Waals surface area (Å²) >= 11 is 0. The Bertz CT molecular complexity index is 537. The second kappa shape index (κ2) is 6.39. The van der Waals surface area contributed by atoms with Gasteiger partial charge >= 0.3 is 0 Å². The minimum atomic E-state index is -2.66. The van der Waals surface area contributed by atoms with Gasteiger partial charge in [0.25, 0.3) is 0 Å². The fourth-order valence-corrected chi connectivity index (χ4v) is 6.12. The molecule has 0 heterocycles. The average Bonchev–Trinajstić information content (AvgIpc) is 2.49. The van der Waals surface area contributed by atoms with Crippen LogP contribution in [0.3, 0.4) is 0 Å². The van der Waals surface area contributed by atoms with Gasteiger partial charge in [-0.15, -0.1) is 0 Å². The van der Waals surface area contributed by atoms with Crippen LogP contribution in [0.25, 0.3) is 0 Å². The minimum Gasteiger partial charge on any atom is -0.312 e. The quantitative estimate of drug-likeness (QED) is 0.786. The Morgan fingerprint density at radius 1 is 0.900 bits per heavy atom. The van der Waals surface area contributed by atoms with Crippen LogP contribution >= 0.6 is 7.14 Å². The molecule has 3 heteroatoms. The Balaban J connectivity index is 2.64. The molecular formula is C17H22NOP. The van der Waals surface area contributed by atoms with E-state index in [1.807, 2.05) is 74.8 Å². The van der Waals surface area contributed by atoms with Gasteiger partial charge in [-0.05, 0) is 20.5 Å². The highest BCUT2D eigenvalue weighted by atomic mass is 31.2. The summed E-state index contributed by atoms with van der Waals surface area (Å²) in [6, 6.07) is 19.7. The summed E-state index contributed by atoms with van der Waals surface area (Å²) in [7, 11) is 1.35. The van der Waals surface area contributed by atoms with Crippen LogP contribution in [0, 0.1) is 0 Å². The molecular weight excluding hydrogens is 265 g/mol. The first-order valence-corrected chi connectivity index (χ1v) is 8.75. The maximum atomic E-state index is 13.9. The van der Waals surface area contributed by atoms with Crippen LogP contribution in [0.5, 0.6) is 0 Å². The maximum Gasteiger partial charge on any atom is 0.159 e. The molecule has 2 aromatic carbocycles. The standard InChI is InChI=1S/C17H22NOP/c1-4-17(18(2)3)20(19,15-11-7-5-8-12-15)16-13-9-6-10-14-16/h5-14,17H,4H2,1-3H3. The molecule has 0 amide bonds. The van der Waals surface area contributed by atoms with Crippen molar-refractivity contribution in [3.8, 4) is 0 Å². The van der Waals surface area contributed by atoms with Crippen LogP contribution in [0.4, 0.5) is 0 Å². The lowest BCUT2D eigenvalue weighted by Gasteiger charge is -2.32. The van der Waals surface area contributed by atoms with E-state index in [0.29, 0.717) is 0 Å². The van der Waals surface area contributed by atoms with E-state index in [-0.39, 0.29) is 5.78 Å². The number of hydrogen-bond acceptors (Lipinski definition) is 2. The molecule has 0 aliphatic carbocycles. The van der Waals surface area contributed by atoms with Gasteiger partial charge in [0.1, 0.15) is 0 Å². The van der Waals surface area contributed by atoms with E-state index in [0.717, 1.165) is 17.0 Å². The lowest BCUT2D eigenvalue weighted by atomic mass is 10.4. The van der Waals surface area contributed by atoms with Gasteiger partial charge < -0.3 is 4.57 Å². The van der Waals surface area contributed by atoms with Gasteiger partial charge in [0.2, 0.25) is 0 Å². The summed E-state index contributed by atoms with van der Waals surface area (Å²) in [4.78, 5) is 2.08. The molecule has 0 saturated carbocycles. The smallest absolute Gasteiger partial charge is 0.159 e. The average molecular weight is 287 g/mol. The first-order valence-electron chi connectivity index (χ1n) is 6.98. The van der Waals surface area contributed by atoms with Gasteiger partial charge in [0.15, 0.2) is 7.14 Å². The normalized spacial score (nSPS) is 13.4. The Morgan fingerprint density at radius 2 is 1.30 bits per heavy atom. The summed E-state index contributed by atoms with van der Waals surface area (Å²) in [5.41, 5.74) is 0. The number of benzene rings is 2. The molecule has 0 aliphatic heterocycles. The van der Waals surface area contributed by atoms with Gasteiger partial charge in [-0.3, -0.25) is 4.90 Å². The third-order valence-electron chi connectivity index (χ3n) is 3.66. The first kappa shape index (κ1) is 15.0. The van der Waals surface area contributed by atoms with E-state index in [9.17, 15) is 4.57 Å². The fraction of sp³-hybridized carbons (Fsp3) is 0.294. The zero-order valence-electron chi connectivity index (χ0n) is 12.4. The third kappa shape index (κ3) is 2.72. The van der Waals surface area contributed by atoms with Crippen molar-refractivity contribution in [3.05, 3.63) is 60.7 Å². The zero-order valence-corrected chi connectivity index (χ0v) is 13.3. The van der Waals surface area contributed by atoms with E-state index >= 15 is 0 Å². The predicted octanol–water partition coefficient (Wildman–Crippen LogP) is 3.30. The van der Waals surface area contributed by atoms with Crippen molar-refractivity contribution in [1.29, 1.82) is 0 Å². The second-order valence-electron chi connectivity index (χ2n) is 5.18. The van der Waals surface area contributed by atoms with Crippen LogP contribution in [0.15, 0.2) is 60.7 Å². The van der Waals surface area contributed by atoms with Gasteiger partial charge in [0, 0.05) is 10.6 Å². The molecule has 0 bridgehead atoms. The largest absolute Gasteiger partial charge is 0.312 e. The van der Waals surface area contributed by atoms with Crippen molar-refractivity contribution in [2.75, 3.05) is 14.1 Å². The zero-order chi connectivity index (χ0) is 14.6. The molecule has 106 valence electrons. The summed E-state index contributed by atoms with van der Waals surface area (Å²) in [6.45, 7) is 2.10. The molecule has 0 fully saturated rings. The molecule has 0 radical (unpaired) electrons. The summed E-state index contributed by atoms with van der Waals surface area (Å²) < 4.78 is 13.9. The number of nitrogens with zero attached hydrogens (tertiary/aromatic N) is 1. The van der Waals surface area contributed by atoms with Crippen LogP contribution in [-0.4, -0.2) is 24.8 Å². The van der Waals surface area contributed by atoms with Gasteiger partial charge in [-0.25, -0.2) is 0 Å². The van der Waals surface area contributed by atoms with Crippen LogP contribution < -0.4 is 10.6 Å². The van der Waals surface area contributed by atoms with Gasteiger partial charge in [-0.2, -0.15) is 0 Å². The number of rotatable bonds is 5. The summed E-state index contributed by atoms with van der Waals surface area (Å²) in [5.74, 6) is 0.0206. The monoisotopic (exact) mass is 287 g/mol. The van der Waals surface area contributed by atoms with E-state index in [4.69, 9.17) is 0 Å². The molecule has 2 aromatic rings. The Hall–Kier alpha value is -1.37. The first-order chi connectivity index (χ1) is 9.60. The highest BCUT2D eigenvalue weighted by Crippen LogP contribution is 2.50. The van der Waals surface area contributed by atoms with Crippen molar-refractivity contribution in [3.63, 3.8) is 0 Å². The Morgan fingerprint density at radius 3 is 1.60 bits per heavy atom. The molecule has 0 aromatic heterocycles. The molecule has 0 saturated heterocycles. The van der Waals surface area contributed by atoms with Crippen LogP contribution in [0.1, 0.15) is 13.3 Å². The third-order valence-corrected chi connectivity index (χ3v) is 7.46. The predicted molar refractivity (Wildman–Crippen MR) is 87.5 cm³/mol. The van der Waals surface area contributed by atoms with E-state index in [1.54, 1.807) is 0 Å². The summed E-state index contributed by atoms with van der Waals surface area (Å²) in [6.07, 6.45) is 0.855. The van der Waals surface area contributed by atoms with Crippen molar-refractivity contribution in [2.45, 2.75) is 19.1 Å². The highest BCUT2D eigenvalue weighted by Gasteiger charge is 2.36. The molecule has 0 aliphatic rings. The topological polar surface area (TPSA) is 20.3 Å². The SMILES string of the molecule is CCC(N(C)C)P(=O)(c1ccccc1)c1ccccc1. The second-order valence-corrected chi connectivity index (χ2v) is 8.13. The lowest BCUT2D eigenvalue weighted by molar-refractivity contribution is 0.360. The van der Waals surface area contributed by atoms with Crippen molar-refractivity contribution < 1.29 is 4.57 Å². The highest BCUT2D eigenvalue weighted by molar-refractivity contribution is 7.79. The van der Waals surface area contributed by atoms with Gasteiger partial charge in [0.05, 0.1) is 5.78 Å². The van der Waals surface area contributed by atoms with Crippen molar-refractivity contribution in [2.24, 2.45) is 0 Å². The summed E-state index contributed by atoms with van der Waals surface area (Å²) in [5, 5.41) is 1.87. The molecule has 20 heavy (non-hydrogen) atoms. The van der Waals surface area contributed by atoms with Crippen LogP contribution in [-0.2, 0) is 4.57 Å². The van der Waals surface area contributed by atoms with Crippen molar-refractivity contribution in [1.82, 2.24) is 4.90 Å². The molecule has 2 nitrogen and oxygen atoms in total. The molecule has 0 spiro atoms. The molecule has 1 unspecified atom stereocenters. The van der Waals surface area contributed by atoms with E-state index < -0.39 is 7.14 Å². The maximum absolute atomic E-state index is 13.9. The van der Waals surface area contributed by atoms with Gasteiger partial charge in [-0.1, -0.05) is 67.6 Å². The lowest BCUT2D eigenvalue weighted by Crippen LogP contribution is -2.35. The van der Waals surface area contributed by atoms with Crippen LogP contribution in [0.2, 0.25) is 0 Å². The van der Waals surface area contributed by atoms with E-state index in [2.05, 4.69) is 11.8 Å². The van der Waals surface area contributed by atoms with E-state index in [1.165, 1.54) is 0 Å². The Kier molecular flexibility index (Phi) is 4.80. The van der Waals surface area contributed by atoms with Crippen molar-refractivity contribution >= 4 is 17.8 Å². The molecule has 0 N–H and O–H groups in total. The Labute approximate surface area is 121 Å². The molecule has 1 atom stereocenters. The number of hydrogen-bond donors (Lipinski definition) is 0. The minimum absolute atomic E-state index is 0.0206.